The van der Waals surface area contributed by atoms with Crippen molar-refractivity contribution >= 4 is 12.1 Å². The molecule has 0 spiro atoms. The van der Waals surface area contributed by atoms with E-state index in [9.17, 15) is 9.59 Å². The second kappa shape index (κ2) is 7.29. The van der Waals surface area contributed by atoms with Gasteiger partial charge in [-0.25, -0.2) is 9.59 Å². The summed E-state index contributed by atoms with van der Waals surface area (Å²) < 4.78 is 14.9. The summed E-state index contributed by atoms with van der Waals surface area (Å²) in [7, 11) is 1.27. The second-order valence-electron chi connectivity index (χ2n) is 6.40. The number of methoxy groups -OCH3 is 1. The van der Waals surface area contributed by atoms with Crippen LogP contribution in [0.25, 0.3) is 0 Å². The molecule has 1 heterocycles. The first-order chi connectivity index (χ1) is 10.1. The van der Waals surface area contributed by atoms with Gasteiger partial charge in [0, 0.05) is 11.5 Å². The van der Waals surface area contributed by atoms with Crippen molar-refractivity contribution in [1.82, 2.24) is 10.5 Å². The lowest BCUT2D eigenvalue weighted by Crippen LogP contribution is -2.45. The third-order valence-electron chi connectivity index (χ3n) is 3.04. The van der Waals surface area contributed by atoms with Crippen molar-refractivity contribution in [1.29, 1.82) is 0 Å². The lowest BCUT2D eigenvalue weighted by atomic mass is 9.93. The fraction of sp³-hybridized carbons (Fsp3) is 0.667. The maximum atomic E-state index is 11.8. The number of rotatable bonds is 5. The van der Waals surface area contributed by atoms with E-state index in [0.717, 1.165) is 0 Å². The number of hydrogen-bond acceptors (Lipinski definition) is 6. The Balaban J connectivity index is 2.55. The first-order valence-electron chi connectivity index (χ1n) is 7.12. The molecule has 1 rings (SSSR count). The third kappa shape index (κ3) is 5.05. The molecule has 22 heavy (non-hydrogen) atoms. The summed E-state index contributed by atoms with van der Waals surface area (Å²) in [4.78, 5) is 23.3. The fourth-order valence-corrected chi connectivity index (χ4v) is 1.67. The summed E-state index contributed by atoms with van der Waals surface area (Å²) in [6, 6.07) is 0.994. The number of amides is 1. The maximum Gasteiger partial charge on any atom is 0.408 e. The van der Waals surface area contributed by atoms with Crippen LogP contribution in [0, 0.1) is 5.92 Å². The Morgan fingerprint density at radius 1 is 1.36 bits per heavy atom. The van der Waals surface area contributed by atoms with Gasteiger partial charge >= 0.3 is 12.1 Å². The third-order valence-corrected chi connectivity index (χ3v) is 3.04. The van der Waals surface area contributed by atoms with Crippen LogP contribution in [0.3, 0.4) is 0 Å². The molecule has 0 fully saturated rings. The van der Waals surface area contributed by atoms with E-state index in [0.29, 0.717) is 11.5 Å². The Kier molecular flexibility index (Phi) is 5.96. The molecule has 0 radical (unpaired) electrons. The van der Waals surface area contributed by atoms with Crippen molar-refractivity contribution in [2.45, 2.75) is 52.7 Å². The number of ether oxygens (including phenoxy) is 2. The highest BCUT2D eigenvalue weighted by Gasteiger charge is 2.26. The molecular weight excluding hydrogens is 288 g/mol. The standard InChI is InChI=1S/C15H24N2O5/c1-9(2)12(13(18)20-6)16-14(19)21-8-10-7-11(22-17-10)15(3,4)5/h7,9,12H,8H2,1-6H3,(H,16,19)/t12-/m0/s1. The smallest absolute Gasteiger partial charge is 0.408 e. The van der Waals surface area contributed by atoms with Gasteiger partial charge in [-0.15, -0.1) is 0 Å². The minimum atomic E-state index is -0.750. The van der Waals surface area contributed by atoms with Crippen molar-refractivity contribution < 1.29 is 23.6 Å². The second-order valence-corrected chi connectivity index (χ2v) is 6.40. The predicted molar refractivity (Wildman–Crippen MR) is 79.2 cm³/mol. The highest BCUT2D eigenvalue weighted by atomic mass is 16.6. The van der Waals surface area contributed by atoms with Crippen molar-refractivity contribution in [3.05, 3.63) is 17.5 Å². The zero-order valence-corrected chi connectivity index (χ0v) is 13.9. The van der Waals surface area contributed by atoms with Gasteiger partial charge < -0.3 is 19.3 Å². The molecule has 124 valence electrons. The van der Waals surface area contributed by atoms with Crippen LogP contribution in [0.4, 0.5) is 4.79 Å². The number of nitrogens with zero attached hydrogens (tertiary/aromatic N) is 1. The van der Waals surface area contributed by atoms with Gasteiger partial charge in [0.15, 0.2) is 0 Å². The number of carbonyl (C=O) groups is 2. The van der Waals surface area contributed by atoms with Crippen LogP contribution < -0.4 is 5.32 Å². The van der Waals surface area contributed by atoms with E-state index in [1.165, 1.54) is 7.11 Å². The highest BCUT2D eigenvalue weighted by Crippen LogP contribution is 2.22. The topological polar surface area (TPSA) is 90.7 Å². The van der Waals surface area contributed by atoms with E-state index in [1.54, 1.807) is 19.9 Å². The van der Waals surface area contributed by atoms with Gasteiger partial charge in [0.2, 0.25) is 0 Å². The molecule has 1 amide bonds. The monoisotopic (exact) mass is 312 g/mol. The van der Waals surface area contributed by atoms with E-state index in [-0.39, 0.29) is 17.9 Å². The highest BCUT2D eigenvalue weighted by molar-refractivity contribution is 5.81. The minimum absolute atomic E-state index is 0.0304. The van der Waals surface area contributed by atoms with Crippen molar-refractivity contribution in [2.24, 2.45) is 5.92 Å². The van der Waals surface area contributed by atoms with Crippen LogP contribution in [0.15, 0.2) is 10.6 Å². The lowest BCUT2D eigenvalue weighted by molar-refractivity contribution is -0.144. The van der Waals surface area contributed by atoms with E-state index in [4.69, 9.17) is 9.26 Å². The number of carbonyl (C=O) groups excluding carboxylic acids is 2. The van der Waals surface area contributed by atoms with E-state index >= 15 is 0 Å². The van der Waals surface area contributed by atoms with Gasteiger partial charge in [-0.3, -0.25) is 0 Å². The molecule has 1 atom stereocenters. The Labute approximate surface area is 130 Å². The molecule has 0 aromatic carbocycles. The van der Waals surface area contributed by atoms with Gasteiger partial charge in [-0.1, -0.05) is 39.8 Å². The molecule has 7 nitrogen and oxygen atoms in total. The zero-order chi connectivity index (χ0) is 16.9. The molecular formula is C15H24N2O5. The van der Waals surface area contributed by atoms with Crippen LogP contribution >= 0.6 is 0 Å². The summed E-state index contributed by atoms with van der Waals surface area (Å²) >= 11 is 0. The van der Waals surface area contributed by atoms with E-state index < -0.39 is 18.1 Å². The molecule has 0 aliphatic carbocycles. The SMILES string of the molecule is COC(=O)[C@@H](NC(=O)OCc1cc(C(C)(C)C)on1)C(C)C. The van der Waals surface area contributed by atoms with E-state index in [2.05, 4.69) is 15.2 Å². The molecule has 0 unspecified atom stereocenters. The average Bonchev–Trinajstić information content (AvgIpc) is 2.90. The van der Waals surface area contributed by atoms with Gasteiger partial charge in [0.05, 0.1) is 7.11 Å². The molecule has 1 aromatic rings. The Morgan fingerprint density at radius 3 is 2.45 bits per heavy atom. The summed E-state index contributed by atoms with van der Waals surface area (Å²) in [6.07, 6.45) is -0.704. The number of esters is 1. The van der Waals surface area contributed by atoms with Crippen molar-refractivity contribution in [3.63, 3.8) is 0 Å². The normalized spacial score (nSPS) is 12.9. The summed E-state index contributed by atoms with van der Waals surface area (Å²) in [5.74, 6) is 0.0871. The predicted octanol–water partition coefficient (Wildman–Crippen LogP) is 2.40. The fourth-order valence-electron chi connectivity index (χ4n) is 1.67. The molecule has 0 aliphatic heterocycles. The average molecular weight is 312 g/mol. The lowest BCUT2D eigenvalue weighted by Gasteiger charge is -2.19. The van der Waals surface area contributed by atoms with Crippen LogP contribution in [0.5, 0.6) is 0 Å². The van der Waals surface area contributed by atoms with Gasteiger partial charge in [-0.2, -0.15) is 0 Å². The Bertz CT molecular complexity index is 516. The number of hydrogen-bond donors (Lipinski definition) is 1. The molecule has 0 bridgehead atoms. The molecule has 7 heteroatoms. The van der Waals surface area contributed by atoms with Gasteiger partial charge in [0.25, 0.3) is 0 Å². The largest absolute Gasteiger partial charge is 0.467 e. The van der Waals surface area contributed by atoms with Crippen LogP contribution in [-0.2, 0) is 26.3 Å². The van der Waals surface area contributed by atoms with Crippen molar-refractivity contribution in [3.8, 4) is 0 Å². The number of aromatic nitrogens is 1. The number of nitrogens with one attached hydrogen (secondary N) is 1. The summed E-state index contributed by atoms with van der Waals surface area (Å²) in [5, 5.41) is 6.33. The van der Waals surface area contributed by atoms with Crippen molar-refractivity contribution in [2.75, 3.05) is 7.11 Å². The quantitative estimate of drug-likeness (QED) is 0.840. The molecule has 0 aliphatic rings. The molecule has 1 aromatic heterocycles. The van der Waals surface area contributed by atoms with Crippen LogP contribution in [0.1, 0.15) is 46.1 Å². The van der Waals surface area contributed by atoms with Gasteiger partial charge in [-0.05, 0) is 5.92 Å². The molecule has 0 saturated carbocycles. The Hall–Kier alpha value is -2.05. The maximum absolute atomic E-state index is 11.8. The first kappa shape index (κ1) is 18.0. The van der Waals surface area contributed by atoms with Crippen LogP contribution in [-0.4, -0.2) is 30.4 Å². The first-order valence-corrected chi connectivity index (χ1v) is 7.12. The van der Waals surface area contributed by atoms with E-state index in [1.807, 2.05) is 20.8 Å². The van der Waals surface area contributed by atoms with Crippen LogP contribution in [0.2, 0.25) is 0 Å². The summed E-state index contributed by atoms with van der Waals surface area (Å²) in [5.41, 5.74) is 0.348. The molecule has 1 N–H and O–H groups in total. The number of alkyl carbamates (subject to hydrolysis) is 1. The summed E-state index contributed by atoms with van der Waals surface area (Å²) in [6.45, 7) is 9.55. The van der Waals surface area contributed by atoms with Gasteiger partial charge in [0.1, 0.15) is 24.1 Å². The Morgan fingerprint density at radius 2 is 2.00 bits per heavy atom. The zero-order valence-electron chi connectivity index (χ0n) is 13.9. The molecule has 0 saturated heterocycles. The minimum Gasteiger partial charge on any atom is -0.467 e.